The van der Waals surface area contributed by atoms with Gasteiger partial charge in [0.25, 0.3) is 0 Å². The normalized spacial score (nSPS) is 10.9. The van der Waals surface area contributed by atoms with E-state index in [-0.39, 0.29) is 12.5 Å². The number of aryl methyl sites for hydroxylation is 2. The Labute approximate surface area is 152 Å². The highest BCUT2D eigenvalue weighted by molar-refractivity contribution is 5.92. The van der Waals surface area contributed by atoms with Crippen molar-refractivity contribution in [1.82, 2.24) is 15.0 Å². The van der Waals surface area contributed by atoms with Gasteiger partial charge in [-0.05, 0) is 38.6 Å². The highest BCUT2D eigenvalue weighted by atomic mass is 16.5. The molecule has 26 heavy (non-hydrogen) atoms. The average Bonchev–Trinajstić information content (AvgIpc) is 3.05. The quantitative estimate of drug-likeness (QED) is 0.737. The smallest absolute Gasteiger partial charge is 0.241 e. The number of anilines is 1. The number of carbonyl (C=O) groups is 1. The fraction of sp³-hybridized carbons (Fsp3) is 0.250. The molecule has 1 aromatic heterocycles. The molecule has 0 fully saturated rings. The van der Waals surface area contributed by atoms with E-state index >= 15 is 0 Å². The topological polar surface area (TPSA) is 71.3 Å². The van der Waals surface area contributed by atoms with E-state index in [1.165, 1.54) is 0 Å². The summed E-state index contributed by atoms with van der Waals surface area (Å²) in [6.07, 6.45) is 0. The van der Waals surface area contributed by atoms with Crippen LogP contribution in [0.2, 0.25) is 0 Å². The number of hydrogen-bond acceptors (Lipinski definition) is 5. The molecular formula is C20H22N4O2. The molecule has 0 unspecified atom stereocenters. The SMILES string of the molecule is Cc1ccc(NC(=O)CN(C)Cc2nc(-c3ccccc3C)no2)cc1. The van der Waals surface area contributed by atoms with Crippen LogP contribution >= 0.6 is 0 Å². The van der Waals surface area contributed by atoms with Crippen molar-refractivity contribution in [2.24, 2.45) is 0 Å². The van der Waals surface area contributed by atoms with Crippen molar-refractivity contribution in [2.75, 3.05) is 18.9 Å². The van der Waals surface area contributed by atoms with Crippen LogP contribution in [0.25, 0.3) is 11.4 Å². The van der Waals surface area contributed by atoms with Gasteiger partial charge in [0.2, 0.25) is 17.6 Å². The third kappa shape index (κ3) is 4.55. The van der Waals surface area contributed by atoms with Crippen molar-refractivity contribution in [3.05, 3.63) is 65.5 Å². The van der Waals surface area contributed by atoms with Gasteiger partial charge in [0.1, 0.15) is 0 Å². The van der Waals surface area contributed by atoms with Crippen LogP contribution < -0.4 is 5.32 Å². The van der Waals surface area contributed by atoms with Gasteiger partial charge in [0, 0.05) is 11.3 Å². The Kier molecular flexibility index (Phi) is 5.43. The second kappa shape index (κ2) is 7.93. The minimum atomic E-state index is -0.0880. The van der Waals surface area contributed by atoms with Gasteiger partial charge in [-0.1, -0.05) is 47.1 Å². The summed E-state index contributed by atoms with van der Waals surface area (Å²) < 4.78 is 5.32. The second-order valence-corrected chi connectivity index (χ2v) is 6.41. The van der Waals surface area contributed by atoms with Crippen LogP contribution in [0, 0.1) is 13.8 Å². The molecule has 1 N–H and O–H groups in total. The fourth-order valence-corrected chi connectivity index (χ4v) is 2.62. The van der Waals surface area contributed by atoms with Crippen molar-refractivity contribution in [3.8, 4) is 11.4 Å². The maximum Gasteiger partial charge on any atom is 0.241 e. The number of aromatic nitrogens is 2. The Morgan fingerprint density at radius 2 is 1.85 bits per heavy atom. The number of benzene rings is 2. The predicted octanol–water partition coefficient (Wildman–Crippen LogP) is 3.42. The van der Waals surface area contributed by atoms with E-state index in [2.05, 4.69) is 15.5 Å². The van der Waals surface area contributed by atoms with Crippen molar-refractivity contribution in [3.63, 3.8) is 0 Å². The van der Waals surface area contributed by atoms with E-state index in [4.69, 9.17) is 4.52 Å². The zero-order valence-electron chi connectivity index (χ0n) is 15.2. The lowest BCUT2D eigenvalue weighted by atomic mass is 10.1. The maximum atomic E-state index is 12.1. The Bertz CT molecular complexity index is 887. The van der Waals surface area contributed by atoms with Gasteiger partial charge in [-0.3, -0.25) is 9.69 Å². The minimum absolute atomic E-state index is 0.0880. The molecule has 0 saturated heterocycles. The molecule has 1 amide bonds. The number of amides is 1. The summed E-state index contributed by atoms with van der Waals surface area (Å²) in [6, 6.07) is 15.6. The van der Waals surface area contributed by atoms with E-state index in [0.717, 1.165) is 22.4 Å². The highest BCUT2D eigenvalue weighted by Crippen LogP contribution is 2.20. The first-order valence-corrected chi connectivity index (χ1v) is 8.45. The average molecular weight is 350 g/mol. The Balaban J connectivity index is 1.56. The highest BCUT2D eigenvalue weighted by Gasteiger charge is 2.14. The summed E-state index contributed by atoms with van der Waals surface area (Å²) in [4.78, 5) is 18.4. The van der Waals surface area contributed by atoms with Gasteiger partial charge in [-0.2, -0.15) is 4.98 Å². The number of carbonyl (C=O) groups excluding carboxylic acids is 1. The van der Waals surface area contributed by atoms with Crippen LogP contribution in [0.3, 0.4) is 0 Å². The standard InChI is InChI=1S/C20H22N4O2/c1-14-8-10-16(11-9-14)21-18(25)12-24(3)13-19-22-20(23-26-19)17-7-5-4-6-15(17)2/h4-11H,12-13H2,1-3H3,(H,21,25). The van der Waals surface area contributed by atoms with Gasteiger partial charge >= 0.3 is 0 Å². The van der Waals surface area contributed by atoms with Crippen LogP contribution in [-0.2, 0) is 11.3 Å². The third-order valence-electron chi connectivity index (χ3n) is 4.01. The van der Waals surface area contributed by atoms with Crippen molar-refractivity contribution >= 4 is 11.6 Å². The molecule has 3 rings (SSSR count). The first-order chi connectivity index (χ1) is 12.5. The molecule has 0 aliphatic heterocycles. The fourth-order valence-electron chi connectivity index (χ4n) is 2.62. The molecule has 0 saturated carbocycles. The van der Waals surface area contributed by atoms with Gasteiger partial charge < -0.3 is 9.84 Å². The Morgan fingerprint density at radius 3 is 2.58 bits per heavy atom. The summed E-state index contributed by atoms with van der Waals surface area (Å²) >= 11 is 0. The summed E-state index contributed by atoms with van der Waals surface area (Å²) in [5, 5.41) is 6.92. The monoisotopic (exact) mass is 350 g/mol. The number of nitrogens with one attached hydrogen (secondary N) is 1. The number of rotatable bonds is 6. The molecule has 2 aromatic carbocycles. The lowest BCUT2D eigenvalue weighted by molar-refractivity contribution is -0.117. The number of likely N-dealkylation sites (N-methyl/N-ethyl adjacent to an activating group) is 1. The zero-order chi connectivity index (χ0) is 18.5. The first-order valence-electron chi connectivity index (χ1n) is 8.45. The van der Waals surface area contributed by atoms with E-state index in [9.17, 15) is 4.79 Å². The summed E-state index contributed by atoms with van der Waals surface area (Å²) in [5.74, 6) is 0.958. The molecular weight excluding hydrogens is 328 g/mol. The van der Waals surface area contributed by atoms with Crippen LogP contribution in [-0.4, -0.2) is 34.5 Å². The molecule has 1 heterocycles. The van der Waals surface area contributed by atoms with Crippen molar-refractivity contribution in [1.29, 1.82) is 0 Å². The molecule has 0 aliphatic carbocycles. The van der Waals surface area contributed by atoms with Crippen LogP contribution in [0.15, 0.2) is 53.1 Å². The number of nitrogens with zero attached hydrogens (tertiary/aromatic N) is 3. The van der Waals surface area contributed by atoms with E-state index in [0.29, 0.717) is 18.3 Å². The summed E-state index contributed by atoms with van der Waals surface area (Å²) in [7, 11) is 1.84. The molecule has 0 spiro atoms. The van der Waals surface area contributed by atoms with Crippen LogP contribution in [0.4, 0.5) is 5.69 Å². The van der Waals surface area contributed by atoms with Crippen LogP contribution in [0.1, 0.15) is 17.0 Å². The molecule has 0 aliphatic rings. The first kappa shape index (κ1) is 17.8. The maximum absolute atomic E-state index is 12.1. The van der Waals surface area contributed by atoms with Gasteiger partial charge in [-0.15, -0.1) is 0 Å². The molecule has 3 aromatic rings. The largest absolute Gasteiger partial charge is 0.338 e. The van der Waals surface area contributed by atoms with Gasteiger partial charge in [0.15, 0.2) is 0 Å². The molecule has 0 bridgehead atoms. The third-order valence-corrected chi connectivity index (χ3v) is 4.01. The zero-order valence-corrected chi connectivity index (χ0v) is 15.2. The lowest BCUT2D eigenvalue weighted by Gasteiger charge is -2.14. The lowest BCUT2D eigenvalue weighted by Crippen LogP contribution is -2.29. The summed E-state index contributed by atoms with van der Waals surface area (Å²) in [5.41, 5.74) is 3.97. The molecule has 6 heteroatoms. The Hall–Kier alpha value is -2.99. The van der Waals surface area contributed by atoms with Gasteiger partial charge in [0.05, 0.1) is 13.1 Å². The number of hydrogen-bond donors (Lipinski definition) is 1. The Morgan fingerprint density at radius 1 is 1.12 bits per heavy atom. The summed E-state index contributed by atoms with van der Waals surface area (Å²) in [6.45, 7) is 4.65. The minimum Gasteiger partial charge on any atom is -0.338 e. The molecule has 0 radical (unpaired) electrons. The molecule has 0 atom stereocenters. The second-order valence-electron chi connectivity index (χ2n) is 6.41. The molecule has 6 nitrogen and oxygen atoms in total. The van der Waals surface area contributed by atoms with Gasteiger partial charge in [-0.25, -0.2) is 0 Å². The molecule has 134 valence electrons. The predicted molar refractivity (Wildman–Crippen MR) is 101 cm³/mol. The van der Waals surface area contributed by atoms with Crippen molar-refractivity contribution in [2.45, 2.75) is 20.4 Å². The van der Waals surface area contributed by atoms with Crippen molar-refractivity contribution < 1.29 is 9.32 Å². The van der Waals surface area contributed by atoms with Crippen LogP contribution in [0.5, 0.6) is 0 Å². The van der Waals surface area contributed by atoms with E-state index in [1.54, 1.807) is 0 Å². The van der Waals surface area contributed by atoms with E-state index in [1.807, 2.05) is 74.3 Å². The van der Waals surface area contributed by atoms with E-state index < -0.39 is 0 Å².